The molecule has 0 aromatic heterocycles. The number of anilines is 1. The van der Waals surface area contributed by atoms with Gasteiger partial charge in [0.15, 0.2) is 0 Å². The number of benzene rings is 2. The second kappa shape index (κ2) is 6.45. The van der Waals surface area contributed by atoms with Crippen LogP contribution in [0.5, 0.6) is 0 Å². The normalized spacial score (nSPS) is 10.5. The van der Waals surface area contributed by atoms with Gasteiger partial charge in [0.2, 0.25) is 0 Å². The maximum atomic E-state index is 10.9. The highest BCUT2D eigenvalue weighted by Gasteiger charge is 2.13. The summed E-state index contributed by atoms with van der Waals surface area (Å²) in [6.45, 7) is 4.17. The predicted octanol–water partition coefficient (Wildman–Crippen LogP) is 5.24. The molecule has 2 rings (SSSR count). The number of nitrogens with one attached hydrogen (secondary N) is 1. The smallest absolute Gasteiger partial charge is 0.272 e. The first kappa shape index (κ1) is 15.8. The van der Waals surface area contributed by atoms with Gasteiger partial charge in [-0.15, -0.1) is 0 Å². The highest BCUT2D eigenvalue weighted by Crippen LogP contribution is 2.27. The SMILES string of the molecule is Cc1cc([N+](=O)[O-])c(C)cc1NCc1cc(Cl)ccc1Br. The van der Waals surface area contributed by atoms with Crippen LogP contribution >= 0.6 is 27.5 Å². The lowest BCUT2D eigenvalue weighted by Crippen LogP contribution is -2.03. The molecule has 2 aromatic rings. The van der Waals surface area contributed by atoms with Crippen molar-refractivity contribution in [1.29, 1.82) is 0 Å². The molecule has 0 bridgehead atoms. The molecule has 0 unspecified atom stereocenters. The number of halogens is 2. The van der Waals surface area contributed by atoms with Crippen LogP contribution in [0, 0.1) is 24.0 Å². The summed E-state index contributed by atoms with van der Waals surface area (Å²) in [7, 11) is 0. The number of nitrogens with zero attached hydrogens (tertiary/aromatic N) is 1. The van der Waals surface area contributed by atoms with E-state index in [-0.39, 0.29) is 10.6 Å². The molecule has 1 N–H and O–H groups in total. The minimum absolute atomic E-state index is 0.141. The number of nitro benzene ring substituents is 1. The van der Waals surface area contributed by atoms with Crippen molar-refractivity contribution in [2.45, 2.75) is 20.4 Å². The molecule has 0 aliphatic rings. The van der Waals surface area contributed by atoms with Gasteiger partial charge in [-0.25, -0.2) is 0 Å². The van der Waals surface area contributed by atoms with Gasteiger partial charge in [-0.3, -0.25) is 10.1 Å². The Kier molecular flexibility index (Phi) is 4.85. The minimum Gasteiger partial charge on any atom is -0.381 e. The molecule has 0 saturated carbocycles. The average molecular weight is 370 g/mol. The highest BCUT2D eigenvalue weighted by atomic mass is 79.9. The van der Waals surface area contributed by atoms with E-state index in [0.717, 1.165) is 21.3 Å². The Morgan fingerprint density at radius 2 is 1.95 bits per heavy atom. The van der Waals surface area contributed by atoms with Gasteiger partial charge in [0.1, 0.15) is 0 Å². The summed E-state index contributed by atoms with van der Waals surface area (Å²) in [5.74, 6) is 0. The maximum Gasteiger partial charge on any atom is 0.272 e. The minimum atomic E-state index is -0.361. The number of hydrogen-bond donors (Lipinski definition) is 1. The first-order chi connectivity index (χ1) is 9.88. The summed E-state index contributed by atoms with van der Waals surface area (Å²) >= 11 is 9.47. The Morgan fingerprint density at radius 1 is 1.24 bits per heavy atom. The molecule has 0 fully saturated rings. The Labute approximate surface area is 136 Å². The van der Waals surface area contributed by atoms with Crippen LogP contribution in [0.25, 0.3) is 0 Å². The monoisotopic (exact) mass is 368 g/mol. The zero-order valence-corrected chi connectivity index (χ0v) is 14.0. The van der Waals surface area contributed by atoms with Gasteiger partial charge >= 0.3 is 0 Å². The van der Waals surface area contributed by atoms with Crippen molar-refractivity contribution >= 4 is 38.9 Å². The van der Waals surface area contributed by atoms with E-state index in [2.05, 4.69) is 21.2 Å². The van der Waals surface area contributed by atoms with E-state index in [4.69, 9.17) is 11.6 Å². The average Bonchev–Trinajstić information content (AvgIpc) is 2.42. The lowest BCUT2D eigenvalue weighted by molar-refractivity contribution is -0.385. The Bertz CT molecular complexity index is 704. The molecular weight excluding hydrogens is 356 g/mol. The molecule has 21 heavy (non-hydrogen) atoms. The summed E-state index contributed by atoms with van der Waals surface area (Å²) in [5.41, 5.74) is 3.52. The number of nitro groups is 1. The van der Waals surface area contributed by atoms with Gasteiger partial charge in [0, 0.05) is 33.4 Å². The van der Waals surface area contributed by atoms with Crippen molar-refractivity contribution in [2.24, 2.45) is 0 Å². The second-order valence-corrected chi connectivity index (χ2v) is 6.09. The fourth-order valence-corrected chi connectivity index (χ4v) is 2.64. The van der Waals surface area contributed by atoms with Crippen LogP contribution in [-0.4, -0.2) is 4.92 Å². The van der Waals surface area contributed by atoms with Crippen LogP contribution in [0.2, 0.25) is 5.02 Å². The molecule has 0 saturated heterocycles. The van der Waals surface area contributed by atoms with E-state index < -0.39 is 0 Å². The van der Waals surface area contributed by atoms with E-state index in [0.29, 0.717) is 17.1 Å². The van der Waals surface area contributed by atoms with Gasteiger partial charge in [-0.05, 0) is 49.2 Å². The van der Waals surface area contributed by atoms with Crippen molar-refractivity contribution in [1.82, 2.24) is 0 Å². The molecule has 0 atom stereocenters. The molecule has 0 aliphatic carbocycles. The maximum absolute atomic E-state index is 10.9. The molecule has 6 heteroatoms. The Morgan fingerprint density at radius 3 is 2.62 bits per heavy atom. The summed E-state index contributed by atoms with van der Waals surface area (Å²) in [4.78, 5) is 10.5. The molecule has 2 aromatic carbocycles. The summed E-state index contributed by atoms with van der Waals surface area (Å²) in [6, 6.07) is 8.98. The van der Waals surface area contributed by atoms with Crippen LogP contribution in [0.1, 0.15) is 16.7 Å². The zero-order valence-electron chi connectivity index (χ0n) is 11.6. The molecule has 4 nitrogen and oxygen atoms in total. The molecule has 0 heterocycles. The third-order valence-electron chi connectivity index (χ3n) is 3.22. The van der Waals surface area contributed by atoms with Gasteiger partial charge in [0.25, 0.3) is 5.69 Å². The first-order valence-electron chi connectivity index (χ1n) is 6.32. The molecule has 0 amide bonds. The van der Waals surface area contributed by atoms with Crippen LogP contribution in [0.4, 0.5) is 11.4 Å². The standard InChI is InChI=1S/C15H14BrClN2O2/c1-9-6-15(19(20)21)10(2)5-14(9)18-8-11-7-12(17)3-4-13(11)16/h3-7,18H,8H2,1-2H3. The molecule has 110 valence electrons. The predicted molar refractivity (Wildman–Crippen MR) is 89.0 cm³/mol. The first-order valence-corrected chi connectivity index (χ1v) is 7.49. The van der Waals surface area contributed by atoms with Gasteiger partial charge in [0.05, 0.1) is 4.92 Å². The fraction of sp³-hybridized carbons (Fsp3) is 0.200. The van der Waals surface area contributed by atoms with Crippen molar-refractivity contribution < 1.29 is 4.92 Å². The Balaban J connectivity index is 2.22. The highest BCUT2D eigenvalue weighted by molar-refractivity contribution is 9.10. The van der Waals surface area contributed by atoms with Crippen molar-refractivity contribution in [2.75, 3.05) is 5.32 Å². The largest absolute Gasteiger partial charge is 0.381 e. The quantitative estimate of drug-likeness (QED) is 0.592. The van der Waals surface area contributed by atoms with Crippen LogP contribution in [-0.2, 0) is 6.54 Å². The van der Waals surface area contributed by atoms with Gasteiger partial charge in [-0.1, -0.05) is 27.5 Å². The lowest BCUT2D eigenvalue weighted by atomic mass is 10.1. The Hall–Kier alpha value is -1.59. The number of rotatable bonds is 4. The summed E-state index contributed by atoms with van der Waals surface area (Å²) in [5, 5.41) is 14.9. The van der Waals surface area contributed by atoms with E-state index in [1.54, 1.807) is 19.1 Å². The van der Waals surface area contributed by atoms with E-state index in [9.17, 15) is 10.1 Å². The lowest BCUT2D eigenvalue weighted by Gasteiger charge is -2.12. The van der Waals surface area contributed by atoms with Crippen molar-refractivity contribution in [3.63, 3.8) is 0 Å². The molecular formula is C15H14BrClN2O2. The molecule has 0 aliphatic heterocycles. The zero-order chi connectivity index (χ0) is 15.6. The second-order valence-electron chi connectivity index (χ2n) is 4.80. The van der Waals surface area contributed by atoms with Crippen molar-refractivity contribution in [3.8, 4) is 0 Å². The van der Waals surface area contributed by atoms with Crippen LogP contribution in [0.15, 0.2) is 34.8 Å². The number of hydrogen-bond acceptors (Lipinski definition) is 3. The third kappa shape index (κ3) is 3.74. The summed E-state index contributed by atoms with van der Waals surface area (Å²) < 4.78 is 0.968. The van der Waals surface area contributed by atoms with Crippen LogP contribution in [0.3, 0.4) is 0 Å². The van der Waals surface area contributed by atoms with Gasteiger partial charge in [-0.2, -0.15) is 0 Å². The molecule has 0 spiro atoms. The van der Waals surface area contributed by atoms with Crippen LogP contribution < -0.4 is 5.32 Å². The van der Waals surface area contributed by atoms with E-state index >= 15 is 0 Å². The third-order valence-corrected chi connectivity index (χ3v) is 4.23. The number of aryl methyl sites for hydroxylation is 2. The van der Waals surface area contributed by atoms with Gasteiger partial charge < -0.3 is 5.32 Å². The van der Waals surface area contributed by atoms with E-state index in [1.807, 2.05) is 25.1 Å². The van der Waals surface area contributed by atoms with Crippen molar-refractivity contribution in [3.05, 3.63) is 66.6 Å². The topological polar surface area (TPSA) is 55.2 Å². The van der Waals surface area contributed by atoms with E-state index in [1.165, 1.54) is 0 Å². The summed E-state index contributed by atoms with van der Waals surface area (Å²) in [6.07, 6.45) is 0. The molecule has 0 radical (unpaired) electrons. The fourth-order valence-electron chi connectivity index (χ4n) is 2.06.